The van der Waals surface area contributed by atoms with Gasteiger partial charge in [0, 0.05) is 11.6 Å². The molecule has 0 aliphatic carbocycles. The smallest absolute Gasteiger partial charge is 0.142 e. The molecule has 2 heterocycles. The summed E-state index contributed by atoms with van der Waals surface area (Å²) in [5.41, 5.74) is 1.07. The Balaban J connectivity index is 2.06. The molecule has 17 heavy (non-hydrogen) atoms. The van der Waals surface area contributed by atoms with Crippen LogP contribution in [-0.4, -0.2) is 16.6 Å². The van der Waals surface area contributed by atoms with Crippen LogP contribution in [0.2, 0.25) is 10.3 Å². The summed E-state index contributed by atoms with van der Waals surface area (Å²) in [5.74, 6) is 1.48. The van der Waals surface area contributed by atoms with Crippen molar-refractivity contribution in [3.63, 3.8) is 0 Å². The summed E-state index contributed by atoms with van der Waals surface area (Å²) in [6, 6.07) is 9.36. The Morgan fingerprint density at radius 3 is 2.59 bits per heavy atom. The molecule has 1 unspecified atom stereocenters. The van der Waals surface area contributed by atoms with Crippen molar-refractivity contribution in [3.8, 4) is 5.75 Å². The van der Waals surface area contributed by atoms with Crippen molar-refractivity contribution in [3.05, 3.63) is 52.0 Å². The third kappa shape index (κ3) is 1.96. The first-order valence-corrected chi connectivity index (χ1v) is 5.91. The zero-order chi connectivity index (χ0) is 11.8. The molecule has 1 atom stereocenters. The van der Waals surface area contributed by atoms with Gasteiger partial charge in [0.2, 0.25) is 0 Å². The standard InChI is InChI=1S/C12H8Cl2N2O/c13-10-5-11(14)16-12(15-10)8-6-17-9-4-2-1-3-7(8)9/h1-5,8H,6H2. The molecule has 0 bridgehead atoms. The molecule has 0 saturated carbocycles. The molecule has 0 N–H and O–H groups in total. The normalized spacial score (nSPS) is 17.6. The summed E-state index contributed by atoms with van der Waals surface area (Å²) in [5, 5.41) is 0.703. The van der Waals surface area contributed by atoms with Gasteiger partial charge in [-0.3, -0.25) is 0 Å². The number of hydrogen-bond donors (Lipinski definition) is 0. The van der Waals surface area contributed by atoms with Crippen molar-refractivity contribution in [2.45, 2.75) is 5.92 Å². The molecular weight excluding hydrogens is 259 g/mol. The molecule has 1 aromatic carbocycles. The van der Waals surface area contributed by atoms with E-state index in [0.717, 1.165) is 11.3 Å². The average molecular weight is 267 g/mol. The van der Waals surface area contributed by atoms with Gasteiger partial charge < -0.3 is 4.74 Å². The summed E-state index contributed by atoms with van der Waals surface area (Å²) < 4.78 is 5.58. The van der Waals surface area contributed by atoms with E-state index >= 15 is 0 Å². The Morgan fingerprint density at radius 1 is 1.12 bits per heavy atom. The molecule has 86 valence electrons. The average Bonchev–Trinajstić information content (AvgIpc) is 2.71. The van der Waals surface area contributed by atoms with Gasteiger partial charge in [-0.15, -0.1) is 0 Å². The molecule has 0 amide bonds. The van der Waals surface area contributed by atoms with Gasteiger partial charge in [-0.2, -0.15) is 0 Å². The molecule has 1 aliphatic rings. The highest BCUT2D eigenvalue weighted by atomic mass is 35.5. The zero-order valence-electron chi connectivity index (χ0n) is 8.73. The molecule has 3 rings (SSSR count). The lowest BCUT2D eigenvalue weighted by molar-refractivity contribution is 0.339. The van der Waals surface area contributed by atoms with Crippen LogP contribution in [0, 0.1) is 0 Å². The van der Waals surface area contributed by atoms with Crippen LogP contribution in [0.15, 0.2) is 30.3 Å². The van der Waals surface area contributed by atoms with E-state index in [1.165, 1.54) is 6.07 Å². The number of rotatable bonds is 1. The molecule has 2 aromatic rings. The monoisotopic (exact) mass is 266 g/mol. The predicted molar refractivity (Wildman–Crippen MR) is 65.8 cm³/mol. The second kappa shape index (κ2) is 4.17. The van der Waals surface area contributed by atoms with Crippen molar-refractivity contribution < 1.29 is 4.74 Å². The molecule has 3 nitrogen and oxygen atoms in total. The largest absolute Gasteiger partial charge is 0.492 e. The minimum absolute atomic E-state index is 0.00222. The third-order valence-corrected chi connectivity index (χ3v) is 3.08. The van der Waals surface area contributed by atoms with E-state index in [0.29, 0.717) is 22.7 Å². The fraction of sp³-hybridized carbons (Fsp3) is 0.167. The topological polar surface area (TPSA) is 35.0 Å². The maximum atomic E-state index is 5.88. The number of fused-ring (bicyclic) bond motifs is 1. The van der Waals surface area contributed by atoms with Crippen LogP contribution in [0.25, 0.3) is 0 Å². The minimum atomic E-state index is 0.00222. The maximum absolute atomic E-state index is 5.88. The highest BCUT2D eigenvalue weighted by Crippen LogP contribution is 2.36. The third-order valence-electron chi connectivity index (χ3n) is 2.69. The van der Waals surface area contributed by atoms with Crippen LogP contribution < -0.4 is 4.74 Å². The van der Waals surface area contributed by atoms with Gasteiger partial charge in [-0.1, -0.05) is 41.4 Å². The number of nitrogens with zero attached hydrogens (tertiary/aromatic N) is 2. The van der Waals surface area contributed by atoms with Crippen molar-refractivity contribution in [2.24, 2.45) is 0 Å². The van der Waals surface area contributed by atoms with E-state index in [2.05, 4.69) is 9.97 Å². The first-order valence-electron chi connectivity index (χ1n) is 5.16. The molecule has 0 radical (unpaired) electrons. The van der Waals surface area contributed by atoms with Crippen molar-refractivity contribution in [1.82, 2.24) is 9.97 Å². The lowest BCUT2D eigenvalue weighted by Gasteiger charge is -2.07. The van der Waals surface area contributed by atoms with Crippen molar-refractivity contribution in [2.75, 3.05) is 6.61 Å². The quantitative estimate of drug-likeness (QED) is 0.743. The van der Waals surface area contributed by atoms with Crippen LogP contribution in [0.3, 0.4) is 0 Å². The highest BCUT2D eigenvalue weighted by molar-refractivity contribution is 6.33. The van der Waals surface area contributed by atoms with E-state index in [9.17, 15) is 0 Å². The van der Waals surface area contributed by atoms with Gasteiger partial charge in [-0.05, 0) is 6.07 Å². The summed E-state index contributed by atoms with van der Waals surface area (Å²) in [6.07, 6.45) is 0. The number of hydrogen-bond acceptors (Lipinski definition) is 3. The summed E-state index contributed by atoms with van der Waals surface area (Å²) in [7, 11) is 0. The summed E-state index contributed by atoms with van der Waals surface area (Å²) in [6.45, 7) is 0.524. The van der Waals surface area contributed by atoms with E-state index < -0.39 is 0 Å². The van der Waals surface area contributed by atoms with Gasteiger partial charge in [0.25, 0.3) is 0 Å². The number of halogens is 2. The SMILES string of the molecule is Clc1cc(Cl)nc(C2COc3ccccc32)n1. The Bertz CT molecular complexity index is 554. The first kappa shape index (κ1) is 10.8. The van der Waals surface area contributed by atoms with E-state index in [1.54, 1.807) is 0 Å². The summed E-state index contributed by atoms with van der Waals surface area (Å²) in [4.78, 5) is 8.41. The number of benzene rings is 1. The molecule has 1 aromatic heterocycles. The second-order valence-electron chi connectivity index (χ2n) is 3.77. The Morgan fingerprint density at radius 2 is 1.82 bits per heavy atom. The van der Waals surface area contributed by atoms with E-state index in [-0.39, 0.29) is 5.92 Å². The molecule has 1 aliphatic heterocycles. The lowest BCUT2D eigenvalue weighted by atomic mass is 10.0. The Labute approximate surface area is 108 Å². The van der Waals surface area contributed by atoms with Crippen LogP contribution >= 0.6 is 23.2 Å². The number of aromatic nitrogens is 2. The van der Waals surface area contributed by atoms with Gasteiger partial charge in [0.1, 0.15) is 28.5 Å². The molecule has 0 fully saturated rings. The molecular formula is C12H8Cl2N2O. The molecule has 0 saturated heterocycles. The fourth-order valence-electron chi connectivity index (χ4n) is 1.94. The van der Waals surface area contributed by atoms with Crippen LogP contribution in [0.5, 0.6) is 5.75 Å². The lowest BCUT2D eigenvalue weighted by Crippen LogP contribution is -2.07. The van der Waals surface area contributed by atoms with Crippen LogP contribution in [0.1, 0.15) is 17.3 Å². The minimum Gasteiger partial charge on any atom is -0.492 e. The second-order valence-corrected chi connectivity index (χ2v) is 4.55. The van der Waals surface area contributed by atoms with E-state index in [4.69, 9.17) is 27.9 Å². The molecule has 0 spiro atoms. The van der Waals surface area contributed by atoms with Gasteiger partial charge in [-0.25, -0.2) is 9.97 Å². The summed E-state index contributed by atoms with van der Waals surface area (Å²) >= 11 is 11.8. The van der Waals surface area contributed by atoms with Gasteiger partial charge in [0.15, 0.2) is 0 Å². The molecule has 5 heteroatoms. The first-order chi connectivity index (χ1) is 8.24. The van der Waals surface area contributed by atoms with Crippen molar-refractivity contribution >= 4 is 23.2 Å². The van der Waals surface area contributed by atoms with Crippen molar-refractivity contribution in [1.29, 1.82) is 0 Å². The van der Waals surface area contributed by atoms with Gasteiger partial charge >= 0.3 is 0 Å². The van der Waals surface area contributed by atoms with Gasteiger partial charge in [0.05, 0.1) is 5.92 Å². The van der Waals surface area contributed by atoms with Crippen LogP contribution in [0.4, 0.5) is 0 Å². The predicted octanol–water partition coefficient (Wildman–Crippen LogP) is 3.31. The number of para-hydroxylation sites is 1. The Hall–Kier alpha value is -1.32. The van der Waals surface area contributed by atoms with Crippen LogP contribution in [-0.2, 0) is 0 Å². The zero-order valence-corrected chi connectivity index (χ0v) is 10.2. The highest BCUT2D eigenvalue weighted by Gasteiger charge is 2.27. The maximum Gasteiger partial charge on any atom is 0.142 e. The van der Waals surface area contributed by atoms with E-state index in [1.807, 2.05) is 24.3 Å². The fourth-order valence-corrected chi connectivity index (χ4v) is 2.37. The Kier molecular flexibility index (Phi) is 2.65. The number of ether oxygens (including phenoxy) is 1.